The number of anilines is 1. The van der Waals surface area contributed by atoms with E-state index in [-0.39, 0.29) is 11.5 Å². The molecule has 4 aromatic rings. The molecule has 0 aliphatic carbocycles. The van der Waals surface area contributed by atoms with E-state index >= 15 is 0 Å². The second-order valence-electron chi connectivity index (χ2n) is 9.97. The van der Waals surface area contributed by atoms with Crippen molar-refractivity contribution in [3.05, 3.63) is 127 Å². The van der Waals surface area contributed by atoms with Crippen LogP contribution < -0.4 is 24.9 Å². The van der Waals surface area contributed by atoms with Crippen LogP contribution in [0.25, 0.3) is 6.08 Å². The Bertz CT molecular complexity index is 1800. The molecule has 1 aliphatic heterocycles. The molecule has 41 heavy (non-hydrogen) atoms. The van der Waals surface area contributed by atoms with Crippen molar-refractivity contribution in [3.8, 4) is 5.75 Å². The molecule has 5 rings (SSSR count). The van der Waals surface area contributed by atoms with E-state index in [0.717, 1.165) is 16.7 Å². The zero-order valence-electron chi connectivity index (χ0n) is 22.8. The van der Waals surface area contributed by atoms with Gasteiger partial charge in [0.15, 0.2) is 11.4 Å². The van der Waals surface area contributed by atoms with E-state index < -0.39 is 18.6 Å². The van der Waals surface area contributed by atoms with Crippen molar-refractivity contribution < 1.29 is 19.4 Å². The smallest absolute Gasteiger partial charge is 0.341 e. The van der Waals surface area contributed by atoms with Gasteiger partial charge in [-0.3, -0.25) is 14.2 Å². The first kappa shape index (κ1) is 27.8. The third kappa shape index (κ3) is 6.05. The van der Waals surface area contributed by atoms with Gasteiger partial charge in [0.05, 0.1) is 21.8 Å². The van der Waals surface area contributed by atoms with Crippen molar-refractivity contribution in [3.63, 3.8) is 0 Å². The Kier molecular flexibility index (Phi) is 7.98. The summed E-state index contributed by atoms with van der Waals surface area (Å²) < 4.78 is 7.26. The number of ether oxygens (including phenoxy) is 1. The number of aromatic nitrogens is 1. The summed E-state index contributed by atoms with van der Waals surface area (Å²) in [6, 6.07) is 23.4. The number of aliphatic carboxylic acids is 1. The molecule has 0 bridgehead atoms. The Balaban J connectivity index is 1.59. The number of carboxylic acid groups (broad SMARTS) is 1. The predicted octanol–water partition coefficient (Wildman–Crippen LogP) is 4.46. The summed E-state index contributed by atoms with van der Waals surface area (Å²) in [7, 11) is 0. The second-order valence-corrected chi connectivity index (χ2v) is 11.0. The number of rotatable bonds is 8. The van der Waals surface area contributed by atoms with Gasteiger partial charge < -0.3 is 15.2 Å². The Morgan fingerprint density at radius 1 is 1.05 bits per heavy atom. The Labute approximate surface area is 240 Å². The third-order valence-electron chi connectivity index (χ3n) is 6.76. The number of fused-ring (bicyclic) bond motifs is 1. The molecule has 0 radical (unpaired) electrons. The van der Waals surface area contributed by atoms with Crippen LogP contribution in [0.15, 0.2) is 99.9 Å². The number of allylic oxidation sites excluding steroid dienone is 1. The normalized spacial score (nSPS) is 14.9. The minimum absolute atomic E-state index is 0.254. The fourth-order valence-electron chi connectivity index (χ4n) is 4.67. The average Bonchev–Trinajstić information content (AvgIpc) is 3.26. The number of carbonyl (C=O) groups excluding carboxylic acids is 1. The average molecular weight is 568 g/mol. The molecule has 1 aliphatic rings. The number of benzene rings is 3. The first-order valence-corrected chi connectivity index (χ1v) is 14.0. The minimum atomic E-state index is -1.06. The van der Waals surface area contributed by atoms with Crippen molar-refractivity contribution in [2.75, 3.05) is 11.9 Å². The van der Waals surface area contributed by atoms with Gasteiger partial charge in [0.25, 0.3) is 11.5 Å². The van der Waals surface area contributed by atoms with E-state index in [9.17, 15) is 14.4 Å². The predicted molar refractivity (Wildman–Crippen MR) is 159 cm³/mol. The highest BCUT2D eigenvalue weighted by molar-refractivity contribution is 7.07. The highest BCUT2D eigenvalue weighted by Crippen LogP contribution is 2.31. The monoisotopic (exact) mass is 567 g/mol. The fraction of sp³-hybridized carbons (Fsp3) is 0.188. The molecule has 0 fully saturated rings. The number of nitrogens with one attached hydrogen (secondary N) is 1. The van der Waals surface area contributed by atoms with Crippen molar-refractivity contribution in [1.82, 2.24) is 4.57 Å². The molecule has 2 N–H and O–H groups in total. The van der Waals surface area contributed by atoms with Crippen LogP contribution in [-0.2, 0) is 9.59 Å². The SMILES string of the molecule is CC1=C(C(=O)Nc2ccccc2)[C@H](c2ccc(C(C)C)cc2)n2c(s/c(=C\c3ccc(OCC(=O)O)cc3)c2=O)=N1. The zero-order chi connectivity index (χ0) is 29.1. The third-order valence-corrected chi connectivity index (χ3v) is 7.74. The molecule has 2 heterocycles. The maximum Gasteiger partial charge on any atom is 0.341 e. The molecule has 9 heteroatoms. The molecular weight excluding hydrogens is 538 g/mol. The molecule has 0 unspecified atom stereocenters. The fourth-order valence-corrected chi connectivity index (χ4v) is 5.71. The van der Waals surface area contributed by atoms with Gasteiger partial charge in [0.2, 0.25) is 0 Å². The van der Waals surface area contributed by atoms with Crippen molar-refractivity contribution in [2.24, 2.45) is 4.99 Å². The van der Waals surface area contributed by atoms with Crippen molar-refractivity contribution in [2.45, 2.75) is 32.7 Å². The lowest BCUT2D eigenvalue weighted by atomic mass is 9.93. The van der Waals surface area contributed by atoms with Crippen LogP contribution in [0.4, 0.5) is 5.69 Å². The molecule has 208 valence electrons. The lowest BCUT2D eigenvalue weighted by Gasteiger charge is -2.25. The van der Waals surface area contributed by atoms with Crippen LogP contribution in [0, 0.1) is 0 Å². The van der Waals surface area contributed by atoms with E-state index in [2.05, 4.69) is 19.2 Å². The number of nitrogens with zero attached hydrogens (tertiary/aromatic N) is 2. The number of amides is 1. The number of carboxylic acids is 1. The standard InChI is InChI=1S/C32H29N3O5S/c1-19(2)22-11-13-23(14-12-22)29-28(30(38)34-24-7-5-4-6-8-24)20(3)33-32-35(29)31(39)26(41-32)17-21-9-15-25(16-10-21)40-18-27(36)37/h4-17,19,29H,18H2,1-3H3,(H,34,38)(H,36,37)/b26-17-/t29-/m0/s1. The molecular formula is C32H29N3O5S. The van der Waals surface area contributed by atoms with Gasteiger partial charge in [-0.2, -0.15) is 0 Å². The number of carbonyl (C=O) groups is 2. The van der Waals surface area contributed by atoms with Crippen molar-refractivity contribution >= 4 is 35.0 Å². The largest absolute Gasteiger partial charge is 0.482 e. The number of para-hydroxylation sites is 1. The minimum Gasteiger partial charge on any atom is -0.482 e. The van der Waals surface area contributed by atoms with E-state index in [1.165, 1.54) is 11.3 Å². The van der Waals surface area contributed by atoms with E-state index in [1.807, 2.05) is 54.6 Å². The summed E-state index contributed by atoms with van der Waals surface area (Å²) in [6.07, 6.45) is 1.76. The summed E-state index contributed by atoms with van der Waals surface area (Å²) >= 11 is 1.26. The lowest BCUT2D eigenvalue weighted by molar-refractivity contribution is -0.139. The number of thiazole rings is 1. The number of hydrogen-bond acceptors (Lipinski definition) is 6. The summed E-state index contributed by atoms with van der Waals surface area (Å²) in [4.78, 5) is 43.5. The zero-order valence-corrected chi connectivity index (χ0v) is 23.6. The summed E-state index contributed by atoms with van der Waals surface area (Å²) in [5.41, 5.74) is 4.07. The van der Waals surface area contributed by atoms with Crippen molar-refractivity contribution in [1.29, 1.82) is 0 Å². The molecule has 1 amide bonds. The van der Waals surface area contributed by atoms with Gasteiger partial charge in [0.1, 0.15) is 5.75 Å². The Morgan fingerprint density at radius 3 is 2.37 bits per heavy atom. The van der Waals surface area contributed by atoms with Gasteiger partial charge in [-0.25, -0.2) is 9.79 Å². The summed E-state index contributed by atoms with van der Waals surface area (Å²) in [5, 5.41) is 11.8. The maximum atomic E-state index is 13.9. The Hall–Kier alpha value is -4.76. The van der Waals surface area contributed by atoms with Crippen LogP contribution in [0.5, 0.6) is 5.75 Å². The first-order chi connectivity index (χ1) is 19.7. The quantitative estimate of drug-likeness (QED) is 0.327. The van der Waals surface area contributed by atoms with Gasteiger partial charge in [-0.05, 0) is 59.9 Å². The van der Waals surface area contributed by atoms with Crippen LogP contribution >= 0.6 is 11.3 Å². The highest BCUT2D eigenvalue weighted by Gasteiger charge is 2.32. The molecule has 1 aromatic heterocycles. The van der Waals surface area contributed by atoms with Gasteiger partial charge in [0, 0.05) is 5.69 Å². The second kappa shape index (κ2) is 11.8. The number of hydrogen-bond donors (Lipinski definition) is 2. The van der Waals surface area contributed by atoms with Gasteiger partial charge in [-0.15, -0.1) is 0 Å². The summed E-state index contributed by atoms with van der Waals surface area (Å²) in [5.74, 6) is -0.622. The Morgan fingerprint density at radius 2 is 1.73 bits per heavy atom. The van der Waals surface area contributed by atoms with Gasteiger partial charge in [-0.1, -0.05) is 79.8 Å². The molecule has 3 aromatic carbocycles. The molecule has 0 saturated heterocycles. The van der Waals surface area contributed by atoms with E-state index in [1.54, 1.807) is 41.8 Å². The highest BCUT2D eigenvalue weighted by atomic mass is 32.1. The van der Waals surface area contributed by atoms with Crippen LogP contribution in [0.2, 0.25) is 0 Å². The van der Waals surface area contributed by atoms with E-state index in [4.69, 9.17) is 14.8 Å². The molecule has 1 atom stereocenters. The van der Waals surface area contributed by atoms with Crippen LogP contribution in [0.1, 0.15) is 49.4 Å². The first-order valence-electron chi connectivity index (χ1n) is 13.1. The van der Waals surface area contributed by atoms with E-state index in [0.29, 0.717) is 38.0 Å². The van der Waals surface area contributed by atoms with Gasteiger partial charge >= 0.3 is 5.97 Å². The van der Waals surface area contributed by atoms with Crippen LogP contribution in [0.3, 0.4) is 0 Å². The van der Waals surface area contributed by atoms with Crippen LogP contribution in [-0.4, -0.2) is 28.2 Å². The molecule has 0 spiro atoms. The maximum absolute atomic E-state index is 13.9. The summed E-state index contributed by atoms with van der Waals surface area (Å²) in [6.45, 7) is 5.59. The molecule has 8 nitrogen and oxygen atoms in total. The lowest BCUT2D eigenvalue weighted by Crippen LogP contribution is -2.40. The topological polar surface area (TPSA) is 110 Å². The molecule has 0 saturated carbocycles.